The standard InChI is InChI=1S/C21H21NO4/c1-15(23)19(17-10-6-3-7-11-17)13-20(24)22-18(14-26-21(22)25)12-16-8-4-2-5-9-16/h2-11,18-19H,12-14H2,1H3/t18-,19-/m0/s1. The SMILES string of the molecule is CC(=O)[C@H](CC(=O)N1C(=O)OC[C@@H]1Cc1ccccc1)c1ccccc1. The summed E-state index contributed by atoms with van der Waals surface area (Å²) in [6, 6.07) is 18.5. The summed E-state index contributed by atoms with van der Waals surface area (Å²) < 4.78 is 5.10. The van der Waals surface area contributed by atoms with E-state index in [1.807, 2.05) is 60.7 Å². The first-order chi connectivity index (χ1) is 12.6. The first kappa shape index (κ1) is 17.9. The van der Waals surface area contributed by atoms with Crippen LogP contribution in [0.15, 0.2) is 60.7 Å². The number of hydrogen-bond acceptors (Lipinski definition) is 4. The van der Waals surface area contributed by atoms with Gasteiger partial charge >= 0.3 is 6.09 Å². The highest BCUT2D eigenvalue weighted by Gasteiger charge is 2.39. The lowest BCUT2D eigenvalue weighted by molar-refractivity contribution is -0.132. The maximum Gasteiger partial charge on any atom is 0.416 e. The maximum absolute atomic E-state index is 12.8. The van der Waals surface area contributed by atoms with Crippen LogP contribution in [0.4, 0.5) is 4.79 Å². The van der Waals surface area contributed by atoms with Crippen molar-refractivity contribution >= 4 is 17.8 Å². The number of carbonyl (C=O) groups excluding carboxylic acids is 3. The summed E-state index contributed by atoms with van der Waals surface area (Å²) in [5, 5.41) is 0. The summed E-state index contributed by atoms with van der Waals surface area (Å²) in [4.78, 5) is 38.2. The van der Waals surface area contributed by atoms with Crippen molar-refractivity contribution in [2.45, 2.75) is 31.7 Å². The second-order valence-corrected chi connectivity index (χ2v) is 6.46. The molecule has 5 heteroatoms. The van der Waals surface area contributed by atoms with Crippen LogP contribution in [-0.4, -0.2) is 35.3 Å². The third-order valence-electron chi connectivity index (χ3n) is 4.62. The predicted octanol–water partition coefficient (Wildman–Crippen LogP) is 3.34. The van der Waals surface area contributed by atoms with Crippen molar-refractivity contribution in [1.29, 1.82) is 0 Å². The normalized spacial score (nSPS) is 17.7. The Hall–Kier alpha value is -2.95. The number of benzene rings is 2. The van der Waals surface area contributed by atoms with E-state index in [-0.39, 0.29) is 30.8 Å². The summed E-state index contributed by atoms with van der Waals surface area (Å²) in [6.07, 6.45) is -0.139. The molecule has 1 heterocycles. The number of ketones is 1. The van der Waals surface area contributed by atoms with Gasteiger partial charge in [-0.05, 0) is 24.5 Å². The zero-order chi connectivity index (χ0) is 18.5. The van der Waals surface area contributed by atoms with Crippen LogP contribution in [0, 0.1) is 0 Å². The zero-order valence-corrected chi connectivity index (χ0v) is 14.6. The molecule has 0 aromatic heterocycles. The van der Waals surface area contributed by atoms with Gasteiger partial charge in [-0.3, -0.25) is 9.59 Å². The van der Waals surface area contributed by atoms with Gasteiger partial charge in [-0.25, -0.2) is 9.69 Å². The van der Waals surface area contributed by atoms with Crippen molar-refractivity contribution in [3.63, 3.8) is 0 Å². The van der Waals surface area contributed by atoms with E-state index in [0.29, 0.717) is 6.42 Å². The van der Waals surface area contributed by atoms with E-state index in [4.69, 9.17) is 4.74 Å². The van der Waals surface area contributed by atoms with E-state index in [2.05, 4.69) is 0 Å². The van der Waals surface area contributed by atoms with E-state index in [1.54, 1.807) is 0 Å². The molecule has 0 spiro atoms. The summed E-state index contributed by atoms with van der Waals surface area (Å²) in [7, 11) is 0. The van der Waals surface area contributed by atoms with E-state index in [1.165, 1.54) is 11.8 Å². The Morgan fingerprint density at radius 2 is 1.69 bits per heavy atom. The molecule has 0 N–H and O–H groups in total. The number of Topliss-reactive ketones (excluding diaryl/α,β-unsaturated/α-hetero) is 1. The quantitative estimate of drug-likeness (QED) is 0.801. The zero-order valence-electron chi connectivity index (χ0n) is 14.6. The minimum absolute atomic E-state index is 0.0419. The van der Waals surface area contributed by atoms with Crippen LogP contribution in [0.3, 0.4) is 0 Å². The van der Waals surface area contributed by atoms with Crippen molar-refractivity contribution in [3.05, 3.63) is 71.8 Å². The highest BCUT2D eigenvalue weighted by Crippen LogP contribution is 2.25. The largest absolute Gasteiger partial charge is 0.447 e. The molecule has 0 radical (unpaired) electrons. The monoisotopic (exact) mass is 351 g/mol. The Morgan fingerprint density at radius 1 is 1.08 bits per heavy atom. The lowest BCUT2D eigenvalue weighted by Crippen LogP contribution is -2.41. The number of amides is 2. The van der Waals surface area contributed by atoms with E-state index < -0.39 is 12.0 Å². The molecular formula is C21H21NO4. The molecule has 2 aromatic carbocycles. The molecule has 3 rings (SSSR count). The lowest BCUT2D eigenvalue weighted by atomic mass is 9.91. The highest BCUT2D eigenvalue weighted by atomic mass is 16.6. The average molecular weight is 351 g/mol. The fourth-order valence-corrected chi connectivity index (χ4v) is 3.26. The minimum atomic E-state index is -0.633. The van der Waals surface area contributed by atoms with Crippen molar-refractivity contribution in [2.75, 3.05) is 6.61 Å². The van der Waals surface area contributed by atoms with Crippen LogP contribution in [0.25, 0.3) is 0 Å². The first-order valence-electron chi connectivity index (χ1n) is 8.64. The van der Waals surface area contributed by atoms with Crippen LogP contribution < -0.4 is 0 Å². The molecule has 26 heavy (non-hydrogen) atoms. The number of nitrogens with zero attached hydrogens (tertiary/aromatic N) is 1. The van der Waals surface area contributed by atoms with Gasteiger partial charge in [0.1, 0.15) is 12.4 Å². The Balaban J connectivity index is 1.75. The fraction of sp³-hybridized carbons (Fsp3) is 0.286. The number of imide groups is 1. The average Bonchev–Trinajstić information content (AvgIpc) is 3.01. The van der Waals surface area contributed by atoms with Crippen LogP contribution in [0.1, 0.15) is 30.4 Å². The maximum atomic E-state index is 12.8. The second kappa shape index (κ2) is 7.95. The number of rotatable bonds is 6. The van der Waals surface area contributed by atoms with Crippen LogP contribution >= 0.6 is 0 Å². The molecule has 0 unspecified atom stereocenters. The Bertz CT molecular complexity index is 788. The van der Waals surface area contributed by atoms with Crippen molar-refractivity contribution in [3.8, 4) is 0 Å². The van der Waals surface area contributed by atoms with Gasteiger partial charge in [-0.15, -0.1) is 0 Å². The molecule has 0 bridgehead atoms. The van der Waals surface area contributed by atoms with E-state index in [0.717, 1.165) is 11.1 Å². The topological polar surface area (TPSA) is 63.7 Å². The summed E-state index contributed by atoms with van der Waals surface area (Å²) in [5.74, 6) is -1.04. The van der Waals surface area contributed by atoms with Crippen LogP contribution in [0.2, 0.25) is 0 Å². The van der Waals surface area contributed by atoms with Gasteiger partial charge in [0.2, 0.25) is 5.91 Å². The third kappa shape index (κ3) is 3.99. The lowest BCUT2D eigenvalue weighted by Gasteiger charge is -2.22. The van der Waals surface area contributed by atoms with Crippen LogP contribution in [0.5, 0.6) is 0 Å². The number of hydrogen-bond donors (Lipinski definition) is 0. The number of cyclic esters (lactones) is 1. The summed E-state index contributed by atoms with van der Waals surface area (Å²) >= 11 is 0. The number of carbonyl (C=O) groups is 3. The number of ether oxygens (including phenoxy) is 1. The van der Waals surface area contributed by atoms with Gasteiger partial charge in [0.05, 0.1) is 12.0 Å². The van der Waals surface area contributed by atoms with Gasteiger partial charge in [-0.1, -0.05) is 60.7 Å². The van der Waals surface area contributed by atoms with Gasteiger partial charge in [0, 0.05) is 6.42 Å². The Labute approximate surface area is 152 Å². The molecule has 5 nitrogen and oxygen atoms in total. The molecule has 134 valence electrons. The second-order valence-electron chi connectivity index (χ2n) is 6.46. The fourth-order valence-electron chi connectivity index (χ4n) is 3.26. The van der Waals surface area contributed by atoms with E-state index in [9.17, 15) is 14.4 Å². The molecule has 0 saturated carbocycles. The smallest absolute Gasteiger partial charge is 0.416 e. The molecule has 2 amide bonds. The van der Waals surface area contributed by atoms with Crippen LogP contribution in [-0.2, 0) is 20.7 Å². The van der Waals surface area contributed by atoms with Crippen molar-refractivity contribution < 1.29 is 19.1 Å². The minimum Gasteiger partial charge on any atom is -0.447 e. The third-order valence-corrected chi connectivity index (χ3v) is 4.62. The molecule has 2 aromatic rings. The Morgan fingerprint density at radius 3 is 2.31 bits per heavy atom. The molecule has 1 aliphatic heterocycles. The summed E-state index contributed by atoms with van der Waals surface area (Å²) in [5.41, 5.74) is 1.81. The van der Waals surface area contributed by atoms with E-state index >= 15 is 0 Å². The molecular weight excluding hydrogens is 330 g/mol. The molecule has 1 saturated heterocycles. The first-order valence-corrected chi connectivity index (χ1v) is 8.64. The molecule has 1 fully saturated rings. The molecule has 0 aliphatic carbocycles. The van der Waals surface area contributed by atoms with Gasteiger partial charge in [0.25, 0.3) is 0 Å². The highest BCUT2D eigenvalue weighted by molar-refractivity contribution is 5.97. The molecule has 2 atom stereocenters. The van der Waals surface area contributed by atoms with Gasteiger partial charge in [0.15, 0.2) is 0 Å². The predicted molar refractivity (Wildman–Crippen MR) is 96.6 cm³/mol. The van der Waals surface area contributed by atoms with Crippen molar-refractivity contribution in [2.24, 2.45) is 0 Å². The van der Waals surface area contributed by atoms with Crippen molar-refractivity contribution in [1.82, 2.24) is 4.90 Å². The van der Waals surface area contributed by atoms with Gasteiger partial charge < -0.3 is 4.74 Å². The summed E-state index contributed by atoms with van der Waals surface area (Å²) in [6.45, 7) is 1.64. The Kier molecular flexibility index (Phi) is 5.46. The van der Waals surface area contributed by atoms with Gasteiger partial charge in [-0.2, -0.15) is 0 Å². The molecule has 1 aliphatic rings.